The number of unbranched alkanes of at least 4 members (excludes halogenated alkanes) is 2. The van der Waals surface area contributed by atoms with Crippen LogP contribution in [0.4, 0.5) is 11.4 Å². The van der Waals surface area contributed by atoms with Crippen molar-refractivity contribution in [3.05, 3.63) is 71.5 Å². The number of allylic oxidation sites excluding steroid dienone is 4. The summed E-state index contributed by atoms with van der Waals surface area (Å²) in [6.45, 7) is 14.4. The molecule has 2 aromatic carbocycles. The zero-order valence-electron chi connectivity index (χ0n) is 26.3. The predicted molar refractivity (Wildman–Crippen MR) is 169 cm³/mol. The first-order valence-electron chi connectivity index (χ1n) is 15.2. The molecular formula is C35H45N2O6+. The van der Waals surface area contributed by atoms with Crippen molar-refractivity contribution < 1.29 is 33.5 Å². The average molecular weight is 590 g/mol. The molecule has 2 heterocycles. The maximum atomic E-state index is 11.9. The lowest BCUT2D eigenvalue weighted by Crippen LogP contribution is -2.31. The summed E-state index contributed by atoms with van der Waals surface area (Å²) in [6, 6.07) is 11.9. The fraction of sp³-hybridized carbons (Fsp3) is 0.457. The summed E-state index contributed by atoms with van der Waals surface area (Å²) >= 11 is 0. The fourth-order valence-corrected chi connectivity index (χ4v) is 5.94. The second-order valence-electron chi connectivity index (χ2n) is 12.1. The number of carbonyl (C=O) groups excluding carboxylic acids is 1. The highest BCUT2D eigenvalue weighted by Crippen LogP contribution is 2.49. The van der Waals surface area contributed by atoms with Crippen molar-refractivity contribution in [2.45, 2.75) is 78.1 Å². The molecule has 43 heavy (non-hydrogen) atoms. The van der Waals surface area contributed by atoms with E-state index in [0.717, 1.165) is 71.1 Å². The zero-order valence-corrected chi connectivity index (χ0v) is 26.3. The van der Waals surface area contributed by atoms with Crippen LogP contribution in [0.5, 0.6) is 11.5 Å². The van der Waals surface area contributed by atoms with Gasteiger partial charge in [-0.1, -0.05) is 46.6 Å². The van der Waals surface area contributed by atoms with E-state index in [9.17, 15) is 14.7 Å². The Hall–Kier alpha value is -4.07. The third kappa shape index (κ3) is 6.63. The monoisotopic (exact) mass is 589 g/mol. The van der Waals surface area contributed by atoms with Gasteiger partial charge in [0.25, 0.3) is 13.2 Å². The van der Waals surface area contributed by atoms with E-state index >= 15 is 0 Å². The van der Waals surface area contributed by atoms with Gasteiger partial charge in [0.1, 0.15) is 18.0 Å². The van der Waals surface area contributed by atoms with Gasteiger partial charge in [0.15, 0.2) is 5.71 Å². The molecule has 8 nitrogen and oxygen atoms in total. The third-order valence-electron chi connectivity index (χ3n) is 8.33. The smallest absolute Gasteiger partial charge is 0.323 e. The Morgan fingerprint density at radius 1 is 0.930 bits per heavy atom. The molecule has 0 aromatic heterocycles. The molecule has 2 aliphatic rings. The zero-order chi connectivity index (χ0) is 31.2. The molecule has 0 fully saturated rings. The van der Waals surface area contributed by atoms with E-state index < -0.39 is 16.8 Å². The van der Waals surface area contributed by atoms with Gasteiger partial charge in [0.2, 0.25) is 5.69 Å². The maximum Gasteiger partial charge on any atom is 0.323 e. The highest BCUT2D eigenvalue weighted by molar-refractivity contribution is 6.03. The Bertz CT molecular complexity index is 1440. The number of carboxylic acids is 1. The SMILES string of the molecule is CCCCOc1ccc2c(c1)C(C)(C)C(/C=C/C=C1/N(CC(=O)O)c3ccc(OCCCC)cc3C1(C)C)=[N+]2COC=O. The molecule has 0 atom stereocenters. The summed E-state index contributed by atoms with van der Waals surface area (Å²) in [4.78, 5) is 25.0. The number of benzene rings is 2. The van der Waals surface area contributed by atoms with E-state index in [1.807, 2.05) is 58.0 Å². The van der Waals surface area contributed by atoms with Gasteiger partial charge in [-0.2, -0.15) is 4.58 Å². The van der Waals surface area contributed by atoms with E-state index in [1.54, 1.807) is 0 Å². The summed E-state index contributed by atoms with van der Waals surface area (Å²) in [5.41, 5.74) is 4.91. The number of nitrogens with zero attached hydrogens (tertiary/aromatic N) is 2. The molecule has 0 spiro atoms. The van der Waals surface area contributed by atoms with Crippen LogP contribution >= 0.6 is 0 Å². The molecule has 2 aliphatic heterocycles. The van der Waals surface area contributed by atoms with Gasteiger partial charge in [-0.15, -0.1) is 0 Å². The van der Waals surface area contributed by atoms with Crippen LogP contribution in [0.25, 0.3) is 0 Å². The molecular weight excluding hydrogens is 544 g/mol. The van der Waals surface area contributed by atoms with Gasteiger partial charge in [0.05, 0.1) is 18.6 Å². The van der Waals surface area contributed by atoms with E-state index in [2.05, 4.69) is 47.6 Å². The largest absolute Gasteiger partial charge is 0.494 e. The first-order chi connectivity index (χ1) is 20.6. The van der Waals surface area contributed by atoms with Crippen molar-refractivity contribution in [3.63, 3.8) is 0 Å². The van der Waals surface area contributed by atoms with Crippen molar-refractivity contribution in [1.29, 1.82) is 0 Å². The van der Waals surface area contributed by atoms with Crippen molar-refractivity contribution in [2.75, 3.05) is 31.4 Å². The molecule has 0 radical (unpaired) electrons. The minimum atomic E-state index is -0.905. The van der Waals surface area contributed by atoms with E-state index in [1.165, 1.54) is 0 Å². The third-order valence-corrected chi connectivity index (χ3v) is 8.33. The van der Waals surface area contributed by atoms with Gasteiger partial charge < -0.3 is 24.2 Å². The number of anilines is 1. The first kappa shape index (κ1) is 31.9. The van der Waals surface area contributed by atoms with Gasteiger partial charge in [0, 0.05) is 34.5 Å². The highest BCUT2D eigenvalue weighted by atomic mass is 16.5. The predicted octanol–water partition coefficient (Wildman–Crippen LogP) is 6.87. The lowest BCUT2D eigenvalue weighted by atomic mass is 9.81. The van der Waals surface area contributed by atoms with Crippen molar-refractivity contribution in [2.24, 2.45) is 0 Å². The second-order valence-corrected chi connectivity index (χ2v) is 12.1. The Labute approximate surface area is 255 Å². The Kier molecular flexibility index (Phi) is 9.99. The molecule has 0 amide bonds. The molecule has 2 aromatic rings. The van der Waals surface area contributed by atoms with Crippen LogP contribution in [0.1, 0.15) is 78.4 Å². The molecule has 0 saturated heterocycles. The average Bonchev–Trinajstić information content (AvgIpc) is 3.30. The molecule has 230 valence electrons. The number of carbonyl (C=O) groups is 2. The quantitative estimate of drug-likeness (QED) is 0.138. The lowest BCUT2D eigenvalue weighted by Gasteiger charge is -2.25. The van der Waals surface area contributed by atoms with Crippen LogP contribution in [0.3, 0.4) is 0 Å². The lowest BCUT2D eigenvalue weighted by molar-refractivity contribution is -0.479. The fourth-order valence-electron chi connectivity index (χ4n) is 5.94. The minimum Gasteiger partial charge on any atom is -0.494 e. The summed E-state index contributed by atoms with van der Waals surface area (Å²) in [5.74, 6) is 0.701. The highest BCUT2D eigenvalue weighted by Gasteiger charge is 2.45. The second kappa shape index (κ2) is 13.5. The maximum absolute atomic E-state index is 11.9. The Morgan fingerprint density at radius 3 is 2.16 bits per heavy atom. The number of ether oxygens (including phenoxy) is 3. The molecule has 0 saturated carbocycles. The standard InChI is InChI=1S/C35H44N2O6/c1-7-9-18-42-25-14-16-29-27(20-25)34(3,4)31(36(29)22-33(39)40)12-11-13-32-35(5,6)28-21-26(43-19-10-8-2)15-17-30(28)37(32)23-41-24-38/h11-17,20-21,24H,7-10,18-19,22-23H2,1-6H3/p+1. The van der Waals surface area contributed by atoms with Crippen LogP contribution < -0.4 is 14.4 Å². The van der Waals surface area contributed by atoms with Gasteiger partial charge in [-0.3, -0.25) is 9.59 Å². The van der Waals surface area contributed by atoms with E-state index in [4.69, 9.17) is 14.2 Å². The Balaban J connectivity index is 1.70. The number of fused-ring (bicyclic) bond motifs is 2. The number of rotatable bonds is 15. The number of aliphatic carboxylic acids is 1. The summed E-state index contributed by atoms with van der Waals surface area (Å²) in [6.07, 6.45) is 10.1. The van der Waals surface area contributed by atoms with Gasteiger partial charge in [-0.25, -0.2) is 0 Å². The van der Waals surface area contributed by atoms with E-state index in [0.29, 0.717) is 19.7 Å². The Morgan fingerprint density at radius 2 is 1.56 bits per heavy atom. The number of carboxylic acid groups (broad SMARTS) is 1. The number of hydrogen-bond acceptors (Lipinski definition) is 6. The van der Waals surface area contributed by atoms with Gasteiger partial charge >= 0.3 is 5.97 Å². The summed E-state index contributed by atoms with van der Waals surface area (Å²) in [5, 5.41) is 9.78. The first-order valence-corrected chi connectivity index (χ1v) is 15.2. The van der Waals surface area contributed by atoms with Crippen LogP contribution in [-0.2, 0) is 25.2 Å². The normalized spacial score (nSPS) is 17.3. The van der Waals surface area contributed by atoms with Crippen molar-refractivity contribution in [3.8, 4) is 11.5 Å². The van der Waals surface area contributed by atoms with Crippen molar-refractivity contribution in [1.82, 2.24) is 0 Å². The van der Waals surface area contributed by atoms with Crippen LogP contribution in [-0.4, -0.2) is 54.3 Å². The minimum absolute atomic E-state index is 0.0785. The molecule has 1 N–H and O–H groups in total. The topological polar surface area (TPSA) is 88.3 Å². The molecule has 8 heteroatoms. The molecule has 4 rings (SSSR count). The van der Waals surface area contributed by atoms with Crippen LogP contribution in [0, 0.1) is 0 Å². The van der Waals surface area contributed by atoms with E-state index in [-0.39, 0.29) is 13.3 Å². The van der Waals surface area contributed by atoms with Crippen LogP contribution in [0.15, 0.2) is 60.3 Å². The summed E-state index contributed by atoms with van der Waals surface area (Å²) in [7, 11) is 0. The molecule has 0 bridgehead atoms. The summed E-state index contributed by atoms with van der Waals surface area (Å²) < 4.78 is 19.2. The molecule has 0 aliphatic carbocycles. The van der Waals surface area contributed by atoms with Gasteiger partial charge in [-0.05, 0) is 68.7 Å². The molecule has 0 unspecified atom stereocenters. The number of hydrogen-bond donors (Lipinski definition) is 1. The van der Waals surface area contributed by atoms with Crippen LogP contribution in [0.2, 0.25) is 0 Å². The van der Waals surface area contributed by atoms with Crippen molar-refractivity contribution >= 4 is 29.5 Å².